The summed E-state index contributed by atoms with van der Waals surface area (Å²) >= 11 is 1.41. The smallest absolute Gasteiger partial charge is 0.343 e. The van der Waals surface area contributed by atoms with Crippen molar-refractivity contribution in [3.05, 3.63) is 39.0 Å². The predicted octanol–water partition coefficient (Wildman–Crippen LogP) is 2.48. The Labute approximate surface area is 140 Å². The SMILES string of the molecule is COC(=O)COc1cc(O)c2c(=O)c(-c3csc(C)n3)coc2c1. The lowest BCUT2D eigenvalue weighted by Gasteiger charge is -2.07. The molecular weight excluding hydrogens is 334 g/mol. The largest absolute Gasteiger partial charge is 0.507 e. The molecule has 0 unspecified atom stereocenters. The third-order valence-corrected chi connectivity index (χ3v) is 4.08. The Bertz CT molecular complexity index is 974. The minimum atomic E-state index is -0.565. The highest BCUT2D eigenvalue weighted by Crippen LogP contribution is 2.30. The summed E-state index contributed by atoms with van der Waals surface area (Å²) in [6, 6.07) is 2.67. The number of aromatic nitrogens is 1. The Balaban J connectivity index is 2.05. The number of ether oxygens (including phenoxy) is 2. The van der Waals surface area contributed by atoms with Crippen LogP contribution in [0.25, 0.3) is 22.2 Å². The molecule has 0 aliphatic rings. The monoisotopic (exact) mass is 347 g/mol. The summed E-state index contributed by atoms with van der Waals surface area (Å²) in [5.74, 6) is -0.675. The van der Waals surface area contributed by atoms with E-state index in [-0.39, 0.29) is 34.6 Å². The van der Waals surface area contributed by atoms with Crippen molar-refractivity contribution in [2.75, 3.05) is 13.7 Å². The molecule has 1 N–H and O–H groups in total. The van der Waals surface area contributed by atoms with Gasteiger partial charge in [-0.3, -0.25) is 4.79 Å². The number of hydrogen-bond donors (Lipinski definition) is 1. The molecule has 0 aliphatic carbocycles. The first-order valence-electron chi connectivity index (χ1n) is 6.90. The highest BCUT2D eigenvalue weighted by molar-refractivity contribution is 7.09. The lowest BCUT2D eigenvalue weighted by atomic mass is 10.1. The van der Waals surface area contributed by atoms with Gasteiger partial charge in [-0.15, -0.1) is 11.3 Å². The summed E-state index contributed by atoms with van der Waals surface area (Å²) in [5.41, 5.74) is 0.526. The Morgan fingerprint density at radius 3 is 2.88 bits per heavy atom. The zero-order chi connectivity index (χ0) is 17.3. The number of hydrogen-bond acceptors (Lipinski definition) is 8. The minimum Gasteiger partial charge on any atom is -0.507 e. The first kappa shape index (κ1) is 16.0. The molecule has 0 radical (unpaired) electrons. The molecule has 24 heavy (non-hydrogen) atoms. The number of fused-ring (bicyclic) bond motifs is 1. The number of thiazole rings is 1. The van der Waals surface area contributed by atoms with Crippen molar-refractivity contribution in [2.24, 2.45) is 0 Å². The van der Waals surface area contributed by atoms with Gasteiger partial charge in [0.1, 0.15) is 28.7 Å². The van der Waals surface area contributed by atoms with E-state index in [9.17, 15) is 14.7 Å². The average Bonchev–Trinajstić information content (AvgIpc) is 2.98. The number of esters is 1. The molecule has 3 rings (SSSR count). The molecule has 0 atom stereocenters. The third-order valence-electron chi connectivity index (χ3n) is 3.31. The maximum Gasteiger partial charge on any atom is 0.343 e. The van der Waals surface area contributed by atoms with E-state index in [0.717, 1.165) is 5.01 Å². The topological polar surface area (TPSA) is 98.9 Å². The number of phenols is 1. The van der Waals surface area contributed by atoms with Crippen molar-refractivity contribution in [2.45, 2.75) is 6.92 Å². The van der Waals surface area contributed by atoms with Crippen molar-refractivity contribution in [3.63, 3.8) is 0 Å². The summed E-state index contributed by atoms with van der Waals surface area (Å²) in [7, 11) is 1.24. The fourth-order valence-corrected chi connectivity index (χ4v) is 2.77. The van der Waals surface area contributed by atoms with Crippen LogP contribution in [0.4, 0.5) is 0 Å². The van der Waals surface area contributed by atoms with Crippen LogP contribution in [0.3, 0.4) is 0 Å². The summed E-state index contributed by atoms with van der Waals surface area (Å²) < 4.78 is 15.1. The molecule has 1 aromatic carbocycles. The van der Waals surface area contributed by atoms with Gasteiger partial charge in [0.05, 0.1) is 23.4 Å². The number of phenolic OH excluding ortho intramolecular Hbond substituents is 1. The van der Waals surface area contributed by atoms with E-state index >= 15 is 0 Å². The first-order chi connectivity index (χ1) is 11.5. The van der Waals surface area contributed by atoms with Crippen LogP contribution in [-0.4, -0.2) is 29.8 Å². The highest BCUT2D eigenvalue weighted by Gasteiger charge is 2.16. The van der Waals surface area contributed by atoms with Gasteiger partial charge in [-0.05, 0) is 6.92 Å². The molecule has 3 aromatic rings. The number of rotatable bonds is 4. The quantitative estimate of drug-likeness (QED) is 0.724. The standard InChI is InChI=1S/C16H13NO6S/c1-8-17-11(7-24-8)10-5-23-13-4-9(22-6-14(19)21-2)3-12(18)15(13)16(10)20/h3-5,7,18H,6H2,1-2H3. The molecule has 124 valence electrons. The summed E-state index contributed by atoms with van der Waals surface area (Å²) in [5, 5.41) is 12.8. The van der Waals surface area contributed by atoms with E-state index in [4.69, 9.17) is 9.15 Å². The van der Waals surface area contributed by atoms with Gasteiger partial charge in [0.2, 0.25) is 5.43 Å². The van der Waals surface area contributed by atoms with Crippen LogP contribution in [0.15, 0.2) is 33.0 Å². The molecule has 7 nitrogen and oxygen atoms in total. The number of carbonyl (C=O) groups is 1. The zero-order valence-electron chi connectivity index (χ0n) is 12.9. The van der Waals surface area contributed by atoms with Crippen molar-refractivity contribution < 1.29 is 23.8 Å². The number of nitrogens with zero attached hydrogens (tertiary/aromatic N) is 1. The minimum absolute atomic E-state index is 0.0311. The second kappa shape index (κ2) is 6.32. The van der Waals surface area contributed by atoms with Crippen LogP contribution in [0.5, 0.6) is 11.5 Å². The van der Waals surface area contributed by atoms with E-state index in [2.05, 4.69) is 9.72 Å². The van der Waals surface area contributed by atoms with Crippen molar-refractivity contribution in [1.29, 1.82) is 0 Å². The summed E-state index contributed by atoms with van der Waals surface area (Å²) in [6.07, 6.45) is 1.29. The average molecular weight is 347 g/mol. The Morgan fingerprint density at radius 1 is 1.42 bits per heavy atom. The fourth-order valence-electron chi connectivity index (χ4n) is 2.16. The zero-order valence-corrected chi connectivity index (χ0v) is 13.7. The molecule has 0 aliphatic heterocycles. The Hall–Kier alpha value is -2.87. The summed E-state index contributed by atoms with van der Waals surface area (Å²) in [6.45, 7) is 1.51. The van der Waals surface area contributed by atoms with Crippen LogP contribution in [0.1, 0.15) is 5.01 Å². The van der Waals surface area contributed by atoms with E-state index in [1.165, 1.54) is 36.8 Å². The van der Waals surface area contributed by atoms with Crippen molar-refractivity contribution in [3.8, 4) is 22.8 Å². The van der Waals surface area contributed by atoms with Crippen LogP contribution >= 0.6 is 11.3 Å². The van der Waals surface area contributed by atoms with Gasteiger partial charge in [-0.25, -0.2) is 9.78 Å². The number of aromatic hydroxyl groups is 1. The normalized spacial score (nSPS) is 10.8. The Morgan fingerprint density at radius 2 is 2.21 bits per heavy atom. The predicted molar refractivity (Wildman–Crippen MR) is 87.5 cm³/mol. The fraction of sp³-hybridized carbons (Fsp3) is 0.188. The van der Waals surface area contributed by atoms with E-state index in [1.54, 1.807) is 5.38 Å². The number of carbonyl (C=O) groups excluding carboxylic acids is 1. The molecule has 0 bridgehead atoms. The third kappa shape index (κ3) is 2.95. The lowest BCUT2D eigenvalue weighted by Crippen LogP contribution is -2.12. The number of methoxy groups -OCH3 is 1. The van der Waals surface area contributed by atoms with Gasteiger partial charge < -0.3 is 19.0 Å². The number of benzene rings is 1. The van der Waals surface area contributed by atoms with E-state index in [0.29, 0.717) is 5.69 Å². The molecule has 0 saturated carbocycles. The lowest BCUT2D eigenvalue weighted by molar-refractivity contribution is -0.142. The molecular formula is C16H13NO6S. The van der Waals surface area contributed by atoms with Gasteiger partial charge in [0, 0.05) is 17.5 Å². The van der Waals surface area contributed by atoms with Gasteiger partial charge in [-0.2, -0.15) is 0 Å². The second-order valence-corrected chi connectivity index (χ2v) is 5.97. The van der Waals surface area contributed by atoms with Crippen LogP contribution in [-0.2, 0) is 9.53 Å². The van der Waals surface area contributed by atoms with Crippen LogP contribution < -0.4 is 10.2 Å². The molecule has 2 aromatic heterocycles. The maximum atomic E-state index is 12.6. The van der Waals surface area contributed by atoms with E-state index in [1.807, 2.05) is 6.92 Å². The molecule has 0 fully saturated rings. The van der Waals surface area contributed by atoms with Crippen LogP contribution in [0, 0.1) is 6.92 Å². The summed E-state index contributed by atoms with van der Waals surface area (Å²) in [4.78, 5) is 28.0. The maximum absolute atomic E-state index is 12.6. The van der Waals surface area contributed by atoms with Gasteiger partial charge in [0.25, 0.3) is 0 Å². The number of aryl methyl sites for hydroxylation is 1. The Kier molecular flexibility index (Phi) is 4.22. The first-order valence-corrected chi connectivity index (χ1v) is 7.78. The second-order valence-electron chi connectivity index (χ2n) is 4.91. The van der Waals surface area contributed by atoms with Crippen LogP contribution in [0.2, 0.25) is 0 Å². The van der Waals surface area contributed by atoms with Gasteiger partial charge in [0.15, 0.2) is 6.61 Å². The molecule has 8 heteroatoms. The highest BCUT2D eigenvalue weighted by atomic mass is 32.1. The van der Waals surface area contributed by atoms with Gasteiger partial charge in [-0.1, -0.05) is 0 Å². The van der Waals surface area contributed by atoms with E-state index < -0.39 is 11.4 Å². The molecule has 2 heterocycles. The molecule has 0 saturated heterocycles. The van der Waals surface area contributed by atoms with Crippen molar-refractivity contribution >= 4 is 28.3 Å². The van der Waals surface area contributed by atoms with Crippen molar-refractivity contribution in [1.82, 2.24) is 4.98 Å². The van der Waals surface area contributed by atoms with Gasteiger partial charge >= 0.3 is 5.97 Å². The molecule has 0 spiro atoms. The molecule has 0 amide bonds.